The summed E-state index contributed by atoms with van der Waals surface area (Å²) in [4.78, 5) is 4.04. The minimum atomic E-state index is -0.650. The molecule has 1 aromatic heterocycles. The Morgan fingerprint density at radius 2 is 1.81 bits per heavy atom. The van der Waals surface area contributed by atoms with Crippen molar-refractivity contribution in [2.45, 2.75) is 46.4 Å². The molecule has 0 saturated carbocycles. The second-order valence-electron chi connectivity index (χ2n) is 5.44. The van der Waals surface area contributed by atoms with Crippen LogP contribution in [0, 0.1) is 5.41 Å². The molecule has 0 N–H and O–H groups in total. The van der Waals surface area contributed by atoms with Crippen LogP contribution in [-0.4, -0.2) is 20.1 Å². The number of pyridine rings is 1. The van der Waals surface area contributed by atoms with Crippen molar-refractivity contribution in [2.24, 2.45) is 5.41 Å². The molecule has 0 bridgehead atoms. The van der Waals surface area contributed by atoms with Crippen molar-refractivity contribution in [1.29, 1.82) is 0 Å². The summed E-state index contributed by atoms with van der Waals surface area (Å²) in [7, 11) is -0.650. The zero-order valence-electron chi connectivity index (χ0n) is 10.9. The van der Waals surface area contributed by atoms with Crippen LogP contribution in [0.2, 0.25) is 13.1 Å². The minimum absolute atomic E-state index is 0.186. The topological polar surface area (TPSA) is 22.1 Å². The summed E-state index contributed by atoms with van der Waals surface area (Å²) in [6.07, 6.45) is 4.96. The van der Waals surface area contributed by atoms with Crippen LogP contribution in [0.4, 0.5) is 0 Å². The highest BCUT2D eigenvalue weighted by atomic mass is 28.3. The molecule has 0 aliphatic heterocycles. The van der Waals surface area contributed by atoms with Crippen molar-refractivity contribution in [3.63, 3.8) is 0 Å². The highest BCUT2D eigenvalue weighted by Crippen LogP contribution is 2.26. The molecule has 0 saturated heterocycles. The summed E-state index contributed by atoms with van der Waals surface area (Å²) in [6.45, 7) is 11.1. The van der Waals surface area contributed by atoms with Gasteiger partial charge < -0.3 is 4.43 Å². The van der Waals surface area contributed by atoms with E-state index in [1.165, 1.54) is 5.56 Å². The number of nitrogens with zero attached hydrogens (tertiary/aromatic N) is 1. The van der Waals surface area contributed by atoms with Gasteiger partial charge in [-0.05, 0) is 42.6 Å². The Morgan fingerprint density at radius 1 is 1.25 bits per heavy atom. The predicted molar refractivity (Wildman–Crippen MR) is 69.8 cm³/mol. The average Bonchev–Trinajstić information content (AvgIpc) is 2.16. The summed E-state index contributed by atoms with van der Waals surface area (Å²) in [5, 5.41) is 0. The van der Waals surface area contributed by atoms with E-state index in [2.05, 4.69) is 51.0 Å². The summed E-state index contributed by atoms with van der Waals surface area (Å²) in [5.74, 6) is 0. The zero-order chi connectivity index (χ0) is 12.2. The molecule has 1 atom stereocenters. The third-order valence-corrected chi connectivity index (χ3v) is 3.27. The van der Waals surface area contributed by atoms with E-state index < -0.39 is 9.04 Å². The Kier molecular flexibility index (Phi) is 4.68. The van der Waals surface area contributed by atoms with E-state index in [1.54, 1.807) is 0 Å². The standard InChI is InChI=1S/C13H22NOSi/c1-13(2,3)12(15-16(4)5)10-11-6-8-14-9-7-11/h6-9,12H,10H2,1-5H3. The first-order valence-corrected chi connectivity index (χ1v) is 8.16. The second kappa shape index (κ2) is 5.59. The fourth-order valence-electron chi connectivity index (χ4n) is 1.54. The van der Waals surface area contributed by atoms with Gasteiger partial charge in [0.2, 0.25) is 9.04 Å². The number of rotatable bonds is 4. The molecule has 1 heterocycles. The van der Waals surface area contributed by atoms with Crippen LogP contribution in [0.3, 0.4) is 0 Å². The average molecular weight is 236 g/mol. The van der Waals surface area contributed by atoms with Crippen LogP contribution >= 0.6 is 0 Å². The maximum atomic E-state index is 6.10. The molecule has 1 unspecified atom stereocenters. The number of hydrogen-bond acceptors (Lipinski definition) is 2. The number of hydrogen-bond donors (Lipinski definition) is 0. The lowest BCUT2D eigenvalue weighted by Crippen LogP contribution is -2.35. The van der Waals surface area contributed by atoms with Crippen molar-refractivity contribution in [2.75, 3.05) is 0 Å². The lowest BCUT2D eigenvalue weighted by molar-refractivity contribution is 0.0867. The molecule has 16 heavy (non-hydrogen) atoms. The van der Waals surface area contributed by atoms with Crippen LogP contribution in [0.5, 0.6) is 0 Å². The lowest BCUT2D eigenvalue weighted by atomic mass is 9.85. The van der Waals surface area contributed by atoms with E-state index in [-0.39, 0.29) is 5.41 Å². The fraction of sp³-hybridized carbons (Fsp3) is 0.615. The molecule has 1 radical (unpaired) electrons. The third kappa shape index (κ3) is 4.45. The molecule has 0 amide bonds. The summed E-state index contributed by atoms with van der Waals surface area (Å²) >= 11 is 0. The van der Waals surface area contributed by atoms with Gasteiger partial charge in [0, 0.05) is 12.4 Å². The van der Waals surface area contributed by atoms with Crippen LogP contribution in [0.25, 0.3) is 0 Å². The molecule has 3 heteroatoms. The van der Waals surface area contributed by atoms with E-state index in [9.17, 15) is 0 Å². The van der Waals surface area contributed by atoms with Gasteiger partial charge >= 0.3 is 0 Å². The predicted octanol–water partition coefficient (Wildman–Crippen LogP) is 3.31. The van der Waals surface area contributed by atoms with E-state index in [0.29, 0.717) is 6.10 Å². The van der Waals surface area contributed by atoms with Crippen molar-refractivity contribution >= 4 is 9.04 Å². The summed E-state index contributed by atoms with van der Waals surface area (Å²) < 4.78 is 6.10. The number of aromatic nitrogens is 1. The molecular formula is C13H22NOSi. The third-order valence-electron chi connectivity index (χ3n) is 2.51. The maximum absolute atomic E-state index is 6.10. The molecule has 89 valence electrons. The van der Waals surface area contributed by atoms with E-state index in [1.807, 2.05) is 12.4 Å². The van der Waals surface area contributed by atoms with Crippen LogP contribution in [0.1, 0.15) is 26.3 Å². The summed E-state index contributed by atoms with van der Waals surface area (Å²) in [5.41, 5.74) is 1.49. The van der Waals surface area contributed by atoms with Crippen LogP contribution in [-0.2, 0) is 10.8 Å². The fourth-order valence-corrected chi connectivity index (χ4v) is 2.55. The molecule has 0 fully saturated rings. The van der Waals surface area contributed by atoms with Gasteiger partial charge in [-0.2, -0.15) is 0 Å². The summed E-state index contributed by atoms with van der Waals surface area (Å²) in [6, 6.07) is 4.14. The first kappa shape index (κ1) is 13.4. The van der Waals surface area contributed by atoms with Crippen molar-refractivity contribution in [1.82, 2.24) is 4.98 Å². The van der Waals surface area contributed by atoms with Gasteiger partial charge in [-0.1, -0.05) is 20.8 Å². The molecule has 0 aromatic carbocycles. The Morgan fingerprint density at radius 3 is 2.25 bits per heavy atom. The van der Waals surface area contributed by atoms with Crippen molar-refractivity contribution < 1.29 is 4.43 Å². The van der Waals surface area contributed by atoms with Crippen molar-refractivity contribution in [3.05, 3.63) is 30.1 Å². The van der Waals surface area contributed by atoms with Gasteiger partial charge in [0.15, 0.2) is 0 Å². The smallest absolute Gasteiger partial charge is 0.205 e. The molecule has 2 nitrogen and oxygen atoms in total. The largest absolute Gasteiger partial charge is 0.413 e. The molecule has 0 aliphatic rings. The normalized spacial score (nSPS) is 14.1. The Labute approximate surface area is 101 Å². The zero-order valence-corrected chi connectivity index (χ0v) is 11.9. The second-order valence-corrected chi connectivity index (χ2v) is 7.49. The lowest BCUT2D eigenvalue weighted by Gasteiger charge is -2.32. The van der Waals surface area contributed by atoms with E-state index in [0.717, 1.165) is 6.42 Å². The van der Waals surface area contributed by atoms with Gasteiger partial charge in [0.25, 0.3) is 0 Å². The quantitative estimate of drug-likeness (QED) is 0.748. The first-order chi connectivity index (χ1) is 7.39. The maximum Gasteiger partial charge on any atom is 0.205 e. The van der Waals surface area contributed by atoms with E-state index in [4.69, 9.17) is 4.43 Å². The molecule has 1 aromatic rings. The monoisotopic (exact) mass is 236 g/mol. The van der Waals surface area contributed by atoms with Gasteiger partial charge in [-0.3, -0.25) is 4.98 Å². The molecule has 0 aliphatic carbocycles. The first-order valence-electron chi connectivity index (χ1n) is 5.75. The van der Waals surface area contributed by atoms with E-state index >= 15 is 0 Å². The van der Waals surface area contributed by atoms with Crippen molar-refractivity contribution in [3.8, 4) is 0 Å². The van der Waals surface area contributed by atoms with Crippen LogP contribution < -0.4 is 0 Å². The Bertz CT molecular complexity index is 305. The Hall–Kier alpha value is -0.673. The molecule has 1 rings (SSSR count). The highest BCUT2D eigenvalue weighted by molar-refractivity contribution is 6.48. The van der Waals surface area contributed by atoms with Gasteiger partial charge in [0.1, 0.15) is 0 Å². The van der Waals surface area contributed by atoms with Crippen LogP contribution in [0.15, 0.2) is 24.5 Å². The molecule has 0 spiro atoms. The molecular weight excluding hydrogens is 214 g/mol. The van der Waals surface area contributed by atoms with Gasteiger partial charge in [0.05, 0.1) is 6.10 Å². The van der Waals surface area contributed by atoms with Gasteiger partial charge in [-0.15, -0.1) is 0 Å². The van der Waals surface area contributed by atoms with Gasteiger partial charge in [-0.25, -0.2) is 0 Å². The minimum Gasteiger partial charge on any atom is -0.413 e. The highest BCUT2D eigenvalue weighted by Gasteiger charge is 2.26. The Balaban J connectivity index is 2.72. The SMILES string of the molecule is C[Si](C)OC(Cc1ccncc1)C(C)(C)C.